The Hall–Kier alpha value is -3.05. The monoisotopic (exact) mass is 355 g/mol. The lowest BCUT2D eigenvalue weighted by Gasteiger charge is -2.23. The van der Waals surface area contributed by atoms with Gasteiger partial charge in [0.2, 0.25) is 0 Å². The molecule has 134 valence electrons. The van der Waals surface area contributed by atoms with E-state index in [1.54, 1.807) is 6.20 Å². The fourth-order valence-corrected chi connectivity index (χ4v) is 4.03. The predicted octanol–water partition coefficient (Wildman–Crippen LogP) is 4.13. The topological polar surface area (TPSA) is 46.3 Å². The van der Waals surface area contributed by atoms with Crippen molar-refractivity contribution in [2.75, 3.05) is 6.54 Å². The first-order chi connectivity index (χ1) is 13.4. The molecule has 0 spiro atoms. The molecule has 0 saturated carbocycles. The van der Waals surface area contributed by atoms with Crippen LogP contribution in [0.15, 0.2) is 73.7 Å². The van der Waals surface area contributed by atoms with E-state index < -0.39 is 0 Å². The molecule has 0 unspecified atom stereocenters. The van der Waals surface area contributed by atoms with Gasteiger partial charge < -0.3 is 4.40 Å². The lowest BCUT2D eigenvalue weighted by Crippen LogP contribution is -2.23. The largest absolute Gasteiger partial charge is 0.305 e. The number of rotatable bonds is 4. The van der Waals surface area contributed by atoms with Crippen molar-refractivity contribution in [3.63, 3.8) is 0 Å². The normalized spacial score (nSPS) is 17.6. The summed E-state index contributed by atoms with van der Waals surface area (Å²) in [6, 6.07) is 13.0. The van der Waals surface area contributed by atoms with Crippen molar-refractivity contribution < 1.29 is 0 Å². The molecule has 0 N–H and O–H groups in total. The Morgan fingerprint density at radius 1 is 0.963 bits per heavy atom. The highest BCUT2D eigenvalue weighted by Crippen LogP contribution is 2.35. The van der Waals surface area contributed by atoms with Crippen LogP contribution in [0.2, 0.25) is 0 Å². The summed E-state index contributed by atoms with van der Waals surface area (Å²) in [6.45, 7) is 2.06. The van der Waals surface area contributed by atoms with Crippen molar-refractivity contribution >= 4 is 5.52 Å². The summed E-state index contributed by atoms with van der Waals surface area (Å²) < 4.78 is 2.14. The van der Waals surface area contributed by atoms with Gasteiger partial charge >= 0.3 is 0 Å². The summed E-state index contributed by atoms with van der Waals surface area (Å²) in [4.78, 5) is 15.7. The van der Waals surface area contributed by atoms with Gasteiger partial charge in [0.05, 0.1) is 23.6 Å². The zero-order chi connectivity index (χ0) is 18.1. The lowest BCUT2D eigenvalue weighted by molar-refractivity contribution is 0.246. The van der Waals surface area contributed by atoms with E-state index in [4.69, 9.17) is 4.98 Å². The summed E-state index contributed by atoms with van der Waals surface area (Å²) in [5.74, 6) is 0. The van der Waals surface area contributed by atoms with E-state index >= 15 is 0 Å². The maximum absolute atomic E-state index is 4.80. The molecular weight excluding hydrogens is 334 g/mol. The third kappa shape index (κ3) is 3.11. The number of likely N-dealkylation sites (tertiary alicyclic amines) is 1. The minimum atomic E-state index is 0.368. The molecule has 1 saturated heterocycles. The van der Waals surface area contributed by atoms with E-state index in [2.05, 4.69) is 55.8 Å². The molecule has 5 rings (SSSR count). The fourth-order valence-electron chi connectivity index (χ4n) is 4.03. The van der Waals surface area contributed by atoms with E-state index in [9.17, 15) is 0 Å². The predicted molar refractivity (Wildman–Crippen MR) is 105 cm³/mol. The van der Waals surface area contributed by atoms with Crippen LogP contribution in [0.3, 0.4) is 0 Å². The Morgan fingerprint density at radius 2 is 1.89 bits per heavy atom. The Bertz CT molecular complexity index is 1040. The van der Waals surface area contributed by atoms with Crippen LogP contribution in [0.4, 0.5) is 0 Å². The number of nitrogens with zero attached hydrogens (tertiary/aromatic N) is 5. The van der Waals surface area contributed by atoms with Crippen molar-refractivity contribution in [1.29, 1.82) is 0 Å². The van der Waals surface area contributed by atoms with E-state index in [1.165, 1.54) is 23.2 Å². The number of hydrogen-bond acceptors (Lipinski definition) is 4. The van der Waals surface area contributed by atoms with Gasteiger partial charge in [0.15, 0.2) is 0 Å². The van der Waals surface area contributed by atoms with Gasteiger partial charge in [-0.15, -0.1) is 0 Å². The molecule has 0 aromatic carbocycles. The number of hydrogen-bond donors (Lipinski definition) is 0. The van der Waals surface area contributed by atoms with Gasteiger partial charge in [0.1, 0.15) is 0 Å². The first kappa shape index (κ1) is 16.1. The maximum Gasteiger partial charge on any atom is 0.0996 e. The SMILES string of the molecule is c1cncc(-c2ccc3c([C@H]4CCCN4Cc4ccncc4)ncn3c2)c1. The molecule has 0 bridgehead atoms. The quantitative estimate of drug-likeness (QED) is 0.552. The molecule has 1 fully saturated rings. The summed E-state index contributed by atoms with van der Waals surface area (Å²) >= 11 is 0. The average molecular weight is 355 g/mol. The van der Waals surface area contributed by atoms with Gasteiger partial charge in [-0.05, 0) is 54.8 Å². The van der Waals surface area contributed by atoms with Crippen LogP contribution in [-0.4, -0.2) is 30.8 Å². The van der Waals surface area contributed by atoms with Crippen molar-refractivity contribution in [1.82, 2.24) is 24.3 Å². The summed E-state index contributed by atoms with van der Waals surface area (Å²) in [5.41, 5.74) is 5.95. The minimum Gasteiger partial charge on any atom is -0.305 e. The van der Waals surface area contributed by atoms with Crippen LogP contribution in [0.25, 0.3) is 16.6 Å². The molecule has 0 aliphatic carbocycles. The Morgan fingerprint density at radius 3 is 2.74 bits per heavy atom. The van der Waals surface area contributed by atoms with E-state index in [0.29, 0.717) is 6.04 Å². The molecule has 0 radical (unpaired) electrons. The molecule has 1 aliphatic heterocycles. The van der Waals surface area contributed by atoms with Crippen LogP contribution >= 0.6 is 0 Å². The second kappa shape index (κ2) is 6.93. The number of fused-ring (bicyclic) bond motifs is 1. The highest BCUT2D eigenvalue weighted by atomic mass is 15.2. The average Bonchev–Trinajstić information content (AvgIpc) is 3.35. The number of pyridine rings is 3. The number of imidazole rings is 1. The smallest absolute Gasteiger partial charge is 0.0996 e. The molecule has 0 amide bonds. The zero-order valence-corrected chi connectivity index (χ0v) is 15.1. The number of aromatic nitrogens is 4. The van der Waals surface area contributed by atoms with Crippen LogP contribution < -0.4 is 0 Å². The molecule has 1 atom stereocenters. The van der Waals surface area contributed by atoms with Crippen molar-refractivity contribution in [3.05, 3.63) is 85.0 Å². The second-order valence-corrected chi connectivity index (χ2v) is 7.07. The Labute approximate surface area is 158 Å². The third-order valence-corrected chi connectivity index (χ3v) is 5.37. The zero-order valence-electron chi connectivity index (χ0n) is 15.1. The summed E-state index contributed by atoms with van der Waals surface area (Å²) in [7, 11) is 0. The van der Waals surface area contributed by atoms with Gasteiger partial charge in [0, 0.05) is 43.1 Å². The molecule has 4 aromatic heterocycles. The summed E-state index contributed by atoms with van der Waals surface area (Å²) in [5, 5.41) is 0. The van der Waals surface area contributed by atoms with Gasteiger partial charge in [0.25, 0.3) is 0 Å². The van der Waals surface area contributed by atoms with Crippen molar-refractivity contribution in [3.8, 4) is 11.1 Å². The van der Waals surface area contributed by atoms with E-state index in [-0.39, 0.29) is 0 Å². The first-order valence-corrected chi connectivity index (χ1v) is 9.38. The minimum absolute atomic E-state index is 0.368. The molecular formula is C22H21N5. The van der Waals surface area contributed by atoms with Crippen LogP contribution in [0.5, 0.6) is 0 Å². The molecule has 1 aliphatic rings. The lowest BCUT2D eigenvalue weighted by atomic mass is 10.1. The second-order valence-electron chi connectivity index (χ2n) is 7.07. The van der Waals surface area contributed by atoms with Gasteiger partial charge in [-0.1, -0.05) is 12.1 Å². The Balaban J connectivity index is 1.46. The fraction of sp³-hybridized carbons (Fsp3) is 0.227. The standard InChI is InChI=1S/C22H21N5/c1-3-18(13-24-9-1)19-5-6-21-22(25-16-27(21)15-19)20-4-2-12-26(20)14-17-7-10-23-11-8-17/h1,3,5-11,13,15-16,20H,2,4,12,14H2/t20-/m1/s1. The summed E-state index contributed by atoms with van der Waals surface area (Å²) in [6.07, 6.45) is 13.9. The maximum atomic E-state index is 4.80. The highest BCUT2D eigenvalue weighted by molar-refractivity contribution is 5.66. The Kier molecular flexibility index (Phi) is 4.14. The van der Waals surface area contributed by atoms with Gasteiger partial charge in [-0.2, -0.15) is 0 Å². The molecule has 27 heavy (non-hydrogen) atoms. The molecule has 4 aromatic rings. The molecule has 5 heterocycles. The highest BCUT2D eigenvalue weighted by Gasteiger charge is 2.29. The van der Waals surface area contributed by atoms with Crippen LogP contribution in [-0.2, 0) is 6.54 Å². The molecule has 5 heteroatoms. The molecule has 5 nitrogen and oxygen atoms in total. The van der Waals surface area contributed by atoms with E-state index in [1.807, 2.05) is 31.0 Å². The first-order valence-electron chi connectivity index (χ1n) is 9.38. The van der Waals surface area contributed by atoms with Crippen molar-refractivity contribution in [2.45, 2.75) is 25.4 Å². The van der Waals surface area contributed by atoms with Gasteiger partial charge in [-0.3, -0.25) is 14.9 Å². The van der Waals surface area contributed by atoms with Crippen LogP contribution in [0, 0.1) is 0 Å². The van der Waals surface area contributed by atoms with Crippen molar-refractivity contribution in [2.24, 2.45) is 0 Å². The van der Waals surface area contributed by atoms with E-state index in [0.717, 1.165) is 30.6 Å². The van der Waals surface area contributed by atoms with Crippen LogP contribution in [0.1, 0.15) is 30.1 Å². The van der Waals surface area contributed by atoms with Gasteiger partial charge in [-0.25, -0.2) is 4.98 Å². The third-order valence-electron chi connectivity index (χ3n) is 5.37.